The van der Waals surface area contributed by atoms with Gasteiger partial charge in [-0.15, -0.1) is 0 Å². The van der Waals surface area contributed by atoms with E-state index in [9.17, 15) is 0 Å². The summed E-state index contributed by atoms with van der Waals surface area (Å²) in [6, 6.07) is 0. The van der Waals surface area contributed by atoms with Crippen LogP contribution in [0.15, 0.2) is 12.4 Å². The molecule has 0 spiro atoms. The minimum absolute atomic E-state index is 0.247. The maximum absolute atomic E-state index is 5.73. The Morgan fingerprint density at radius 2 is 1.83 bits per heavy atom. The van der Waals surface area contributed by atoms with Gasteiger partial charge in [-0.1, -0.05) is 20.8 Å². The summed E-state index contributed by atoms with van der Waals surface area (Å²) in [6.45, 7) is 6.52. The molecular formula is C9H15N3. The Morgan fingerprint density at radius 3 is 2.33 bits per heavy atom. The van der Waals surface area contributed by atoms with Crippen molar-refractivity contribution < 1.29 is 0 Å². The third-order valence-corrected chi connectivity index (χ3v) is 1.57. The Balaban J connectivity index is 2.83. The molecule has 0 saturated carbocycles. The highest BCUT2D eigenvalue weighted by Crippen LogP contribution is 2.22. The van der Waals surface area contributed by atoms with Gasteiger partial charge in [0.25, 0.3) is 0 Å². The number of nitrogens with zero attached hydrogens (tertiary/aromatic N) is 2. The highest BCUT2D eigenvalue weighted by molar-refractivity contribution is 5.42. The first-order valence-electron chi connectivity index (χ1n) is 4.04. The fourth-order valence-corrected chi connectivity index (χ4v) is 1.08. The molecule has 0 atom stereocenters. The van der Waals surface area contributed by atoms with Crippen molar-refractivity contribution in [2.24, 2.45) is 5.41 Å². The van der Waals surface area contributed by atoms with Crippen molar-refractivity contribution in [1.29, 1.82) is 0 Å². The summed E-state index contributed by atoms with van der Waals surface area (Å²) in [5.41, 5.74) is 7.79. The average Bonchev–Trinajstić information content (AvgIpc) is 1.91. The Hall–Kier alpha value is -1.12. The normalized spacial score (nSPS) is 11.6. The molecule has 3 nitrogen and oxygen atoms in total. The lowest BCUT2D eigenvalue weighted by Crippen LogP contribution is -2.11. The molecule has 0 unspecified atom stereocenters. The molecule has 0 bridgehead atoms. The van der Waals surface area contributed by atoms with E-state index in [1.54, 1.807) is 12.4 Å². The summed E-state index contributed by atoms with van der Waals surface area (Å²) in [5.74, 6) is 0. The summed E-state index contributed by atoms with van der Waals surface area (Å²) >= 11 is 0. The van der Waals surface area contributed by atoms with Crippen LogP contribution < -0.4 is 5.73 Å². The second-order valence-electron chi connectivity index (χ2n) is 4.21. The number of anilines is 1. The van der Waals surface area contributed by atoms with Gasteiger partial charge in [0.1, 0.15) is 0 Å². The first-order valence-corrected chi connectivity index (χ1v) is 4.04. The van der Waals surface area contributed by atoms with Crippen molar-refractivity contribution in [1.82, 2.24) is 10.2 Å². The monoisotopic (exact) mass is 165 g/mol. The van der Waals surface area contributed by atoms with Crippen molar-refractivity contribution in [2.75, 3.05) is 5.73 Å². The topological polar surface area (TPSA) is 51.8 Å². The number of hydrogen-bond acceptors (Lipinski definition) is 3. The van der Waals surface area contributed by atoms with Crippen molar-refractivity contribution in [3.05, 3.63) is 18.0 Å². The van der Waals surface area contributed by atoms with E-state index in [4.69, 9.17) is 5.73 Å². The predicted octanol–water partition coefficient (Wildman–Crippen LogP) is 1.65. The van der Waals surface area contributed by atoms with Gasteiger partial charge >= 0.3 is 0 Å². The second-order valence-corrected chi connectivity index (χ2v) is 4.21. The van der Waals surface area contributed by atoms with Crippen molar-refractivity contribution in [3.63, 3.8) is 0 Å². The van der Waals surface area contributed by atoms with Gasteiger partial charge in [0.05, 0.1) is 18.1 Å². The zero-order valence-corrected chi connectivity index (χ0v) is 7.83. The third kappa shape index (κ3) is 2.49. The van der Waals surface area contributed by atoms with Gasteiger partial charge in [0.2, 0.25) is 0 Å². The summed E-state index contributed by atoms with van der Waals surface area (Å²) in [5, 5.41) is 7.50. The van der Waals surface area contributed by atoms with Crippen LogP contribution in [0.4, 0.5) is 5.69 Å². The molecule has 3 heteroatoms. The number of hydrogen-bond donors (Lipinski definition) is 1. The van der Waals surface area contributed by atoms with E-state index in [-0.39, 0.29) is 5.41 Å². The molecule has 1 aromatic rings. The van der Waals surface area contributed by atoms with Crippen LogP contribution in [0, 0.1) is 5.41 Å². The Bertz CT molecular complexity index is 263. The summed E-state index contributed by atoms with van der Waals surface area (Å²) in [7, 11) is 0. The number of nitrogen functional groups attached to an aromatic ring is 1. The molecule has 12 heavy (non-hydrogen) atoms. The van der Waals surface area contributed by atoms with E-state index in [0.717, 1.165) is 17.7 Å². The molecule has 1 rings (SSSR count). The number of nitrogens with two attached hydrogens (primary N) is 1. The smallest absolute Gasteiger partial charge is 0.0728 e. The lowest BCUT2D eigenvalue weighted by molar-refractivity contribution is 0.411. The SMILES string of the molecule is CC(C)(C)Cc1cnncc1N. The Morgan fingerprint density at radius 1 is 1.25 bits per heavy atom. The van der Waals surface area contributed by atoms with Gasteiger partial charge < -0.3 is 5.73 Å². The van der Waals surface area contributed by atoms with Crippen LogP contribution in [0.5, 0.6) is 0 Å². The molecule has 0 amide bonds. The van der Waals surface area contributed by atoms with E-state index in [0.29, 0.717) is 0 Å². The molecule has 0 fully saturated rings. The molecule has 0 aliphatic rings. The van der Waals surface area contributed by atoms with E-state index in [1.165, 1.54) is 0 Å². The van der Waals surface area contributed by atoms with Crippen molar-refractivity contribution >= 4 is 5.69 Å². The maximum atomic E-state index is 5.73. The first-order chi connectivity index (χ1) is 5.49. The molecule has 0 aliphatic heterocycles. The molecule has 66 valence electrons. The molecule has 0 saturated heterocycles. The number of aromatic nitrogens is 2. The highest BCUT2D eigenvalue weighted by atomic mass is 15.1. The van der Waals surface area contributed by atoms with E-state index in [1.807, 2.05) is 0 Å². The Kier molecular flexibility index (Phi) is 2.31. The molecule has 1 aromatic heterocycles. The van der Waals surface area contributed by atoms with Gasteiger partial charge in [-0.2, -0.15) is 10.2 Å². The minimum atomic E-state index is 0.247. The second kappa shape index (κ2) is 3.09. The molecule has 0 aliphatic carbocycles. The van der Waals surface area contributed by atoms with E-state index in [2.05, 4.69) is 31.0 Å². The van der Waals surface area contributed by atoms with Crippen LogP contribution >= 0.6 is 0 Å². The fourth-order valence-electron chi connectivity index (χ4n) is 1.08. The predicted molar refractivity (Wildman–Crippen MR) is 49.6 cm³/mol. The standard InChI is InChI=1S/C9H15N3/c1-9(2,3)4-7-5-11-12-6-8(7)10/h5-6H,4H2,1-3H3,(H2,10,11). The third-order valence-electron chi connectivity index (χ3n) is 1.57. The maximum Gasteiger partial charge on any atom is 0.0728 e. The van der Waals surface area contributed by atoms with E-state index < -0.39 is 0 Å². The van der Waals surface area contributed by atoms with Crippen molar-refractivity contribution in [2.45, 2.75) is 27.2 Å². The zero-order chi connectivity index (χ0) is 9.19. The van der Waals surface area contributed by atoms with E-state index >= 15 is 0 Å². The molecule has 0 radical (unpaired) electrons. The van der Waals surface area contributed by atoms with Crippen LogP contribution in [-0.2, 0) is 6.42 Å². The van der Waals surface area contributed by atoms with Crippen LogP contribution in [0.3, 0.4) is 0 Å². The first kappa shape index (κ1) is 8.97. The van der Waals surface area contributed by atoms with Gasteiger partial charge in [-0.25, -0.2) is 0 Å². The van der Waals surface area contributed by atoms with Crippen molar-refractivity contribution in [3.8, 4) is 0 Å². The van der Waals surface area contributed by atoms with Gasteiger partial charge in [0.15, 0.2) is 0 Å². The molecule has 2 N–H and O–H groups in total. The minimum Gasteiger partial charge on any atom is -0.397 e. The van der Waals surface area contributed by atoms with Gasteiger partial charge in [0, 0.05) is 0 Å². The highest BCUT2D eigenvalue weighted by Gasteiger charge is 2.13. The molecular weight excluding hydrogens is 150 g/mol. The van der Waals surface area contributed by atoms with Gasteiger partial charge in [-0.05, 0) is 17.4 Å². The van der Waals surface area contributed by atoms with Crippen LogP contribution in [0.2, 0.25) is 0 Å². The molecule has 1 heterocycles. The lowest BCUT2D eigenvalue weighted by atomic mass is 9.88. The quantitative estimate of drug-likeness (QED) is 0.688. The number of rotatable bonds is 1. The van der Waals surface area contributed by atoms with Gasteiger partial charge in [-0.3, -0.25) is 0 Å². The summed E-state index contributed by atoms with van der Waals surface area (Å²) < 4.78 is 0. The summed E-state index contributed by atoms with van der Waals surface area (Å²) in [4.78, 5) is 0. The molecule has 0 aromatic carbocycles. The lowest BCUT2D eigenvalue weighted by Gasteiger charge is -2.18. The van der Waals surface area contributed by atoms with Crippen LogP contribution in [0.25, 0.3) is 0 Å². The zero-order valence-electron chi connectivity index (χ0n) is 7.83. The van der Waals surface area contributed by atoms with Crippen LogP contribution in [0.1, 0.15) is 26.3 Å². The largest absolute Gasteiger partial charge is 0.397 e. The van der Waals surface area contributed by atoms with Crippen LogP contribution in [-0.4, -0.2) is 10.2 Å². The average molecular weight is 165 g/mol. The summed E-state index contributed by atoms with van der Waals surface area (Å²) in [6.07, 6.45) is 4.27. The Labute approximate surface area is 73.0 Å². The fraction of sp³-hybridized carbons (Fsp3) is 0.556.